The van der Waals surface area contributed by atoms with Gasteiger partial charge in [-0.2, -0.15) is 4.31 Å². The standard InChI is InChI=1S/C11H16ClN3O3S/c1-7-5-15(6-8(2)18-7)19(16,17)9-3-10(12)11(13)14-4-9/h3-4,7-8H,5-6H2,1-2H3,(H2,13,14). The average molecular weight is 306 g/mol. The topological polar surface area (TPSA) is 85.5 Å². The van der Waals surface area contributed by atoms with Gasteiger partial charge >= 0.3 is 0 Å². The van der Waals surface area contributed by atoms with Crippen LogP contribution in [0.15, 0.2) is 17.2 Å². The average Bonchev–Trinajstić information content (AvgIpc) is 2.31. The van der Waals surface area contributed by atoms with Crippen molar-refractivity contribution in [2.45, 2.75) is 31.0 Å². The van der Waals surface area contributed by atoms with E-state index in [0.717, 1.165) is 0 Å². The zero-order chi connectivity index (χ0) is 14.2. The van der Waals surface area contributed by atoms with Crippen molar-refractivity contribution in [1.29, 1.82) is 0 Å². The van der Waals surface area contributed by atoms with Crippen LogP contribution in [0.2, 0.25) is 5.02 Å². The molecule has 1 fully saturated rings. The van der Waals surface area contributed by atoms with E-state index in [1.54, 1.807) is 0 Å². The van der Waals surface area contributed by atoms with Gasteiger partial charge in [0.05, 0.1) is 17.2 Å². The molecule has 0 bridgehead atoms. The fraction of sp³-hybridized carbons (Fsp3) is 0.545. The summed E-state index contributed by atoms with van der Waals surface area (Å²) in [5, 5.41) is 0.135. The van der Waals surface area contributed by atoms with E-state index >= 15 is 0 Å². The number of sulfonamides is 1. The van der Waals surface area contributed by atoms with E-state index in [1.807, 2.05) is 13.8 Å². The van der Waals surface area contributed by atoms with Gasteiger partial charge in [-0.05, 0) is 19.9 Å². The molecule has 19 heavy (non-hydrogen) atoms. The van der Waals surface area contributed by atoms with Gasteiger partial charge in [-0.15, -0.1) is 0 Å². The lowest BCUT2D eigenvalue weighted by Gasteiger charge is -2.34. The van der Waals surface area contributed by atoms with Gasteiger partial charge in [-0.25, -0.2) is 13.4 Å². The lowest BCUT2D eigenvalue weighted by atomic mass is 10.3. The predicted molar refractivity (Wildman–Crippen MR) is 72.4 cm³/mol. The normalized spacial score (nSPS) is 25.4. The molecule has 106 valence electrons. The van der Waals surface area contributed by atoms with Gasteiger partial charge in [0.25, 0.3) is 0 Å². The van der Waals surface area contributed by atoms with Gasteiger partial charge in [0.1, 0.15) is 10.7 Å². The molecule has 2 heterocycles. The Bertz CT molecular complexity index is 569. The number of halogens is 1. The van der Waals surface area contributed by atoms with Crippen molar-refractivity contribution in [3.63, 3.8) is 0 Å². The predicted octanol–water partition coefficient (Wildman–Crippen LogP) is 1.12. The monoisotopic (exact) mass is 305 g/mol. The summed E-state index contributed by atoms with van der Waals surface area (Å²) in [4.78, 5) is 3.84. The summed E-state index contributed by atoms with van der Waals surface area (Å²) >= 11 is 5.82. The van der Waals surface area contributed by atoms with Crippen LogP contribution in [-0.2, 0) is 14.8 Å². The van der Waals surface area contributed by atoms with Crippen molar-refractivity contribution in [2.75, 3.05) is 18.8 Å². The smallest absolute Gasteiger partial charge is 0.244 e. The highest BCUT2D eigenvalue weighted by atomic mass is 35.5. The van der Waals surface area contributed by atoms with Crippen molar-refractivity contribution < 1.29 is 13.2 Å². The second-order valence-electron chi connectivity index (χ2n) is 4.62. The van der Waals surface area contributed by atoms with Gasteiger partial charge in [0, 0.05) is 19.3 Å². The highest BCUT2D eigenvalue weighted by molar-refractivity contribution is 7.89. The van der Waals surface area contributed by atoms with E-state index in [0.29, 0.717) is 13.1 Å². The molecule has 0 saturated carbocycles. The summed E-state index contributed by atoms with van der Waals surface area (Å²) in [6.07, 6.45) is 0.938. The Kier molecular flexibility index (Phi) is 4.00. The molecule has 8 heteroatoms. The van der Waals surface area contributed by atoms with Gasteiger partial charge in [0.2, 0.25) is 10.0 Å². The molecule has 2 rings (SSSR count). The van der Waals surface area contributed by atoms with Crippen LogP contribution < -0.4 is 5.73 Å². The molecule has 0 amide bonds. The number of pyridine rings is 1. The molecule has 2 N–H and O–H groups in total. The molecule has 1 aromatic heterocycles. The molecule has 0 aromatic carbocycles. The van der Waals surface area contributed by atoms with E-state index in [2.05, 4.69) is 4.98 Å². The van der Waals surface area contributed by atoms with E-state index in [4.69, 9.17) is 22.1 Å². The lowest BCUT2D eigenvalue weighted by molar-refractivity contribution is -0.0440. The number of nitrogens with two attached hydrogens (primary N) is 1. The minimum atomic E-state index is -3.62. The Morgan fingerprint density at radius 3 is 2.53 bits per heavy atom. The maximum absolute atomic E-state index is 12.5. The molecule has 6 nitrogen and oxygen atoms in total. The minimum absolute atomic E-state index is 0.0491. The zero-order valence-corrected chi connectivity index (χ0v) is 12.3. The third kappa shape index (κ3) is 3.00. The van der Waals surface area contributed by atoms with Crippen LogP contribution in [0.5, 0.6) is 0 Å². The maximum Gasteiger partial charge on any atom is 0.244 e. The van der Waals surface area contributed by atoms with Crippen molar-refractivity contribution in [3.05, 3.63) is 17.3 Å². The van der Waals surface area contributed by atoms with Crippen molar-refractivity contribution in [2.24, 2.45) is 0 Å². The summed E-state index contributed by atoms with van der Waals surface area (Å²) in [5.41, 5.74) is 5.48. The van der Waals surface area contributed by atoms with E-state index in [9.17, 15) is 8.42 Å². The Labute approximate surface area is 117 Å². The SMILES string of the molecule is CC1CN(S(=O)(=O)c2cnc(N)c(Cl)c2)CC(C)O1. The first-order valence-corrected chi connectivity index (χ1v) is 7.69. The minimum Gasteiger partial charge on any atom is -0.382 e. The molecule has 0 aliphatic carbocycles. The van der Waals surface area contributed by atoms with Crippen LogP contribution in [-0.4, -0.2) is 43.0 Å². The number of rotatable bonds is 2. The molecule has 0 radical (unpaired) electrons. The number of nitrogen functional groups attached to an aromatic ring is 1. The molecular weight excluding hydrogens is 290 g/mol. The maximum atomic E-state index is 12.5. The fourth-order valence-corrected chi connectivity index (χ4v) is 3.84. The number of aromatic nitrogens is 1. The number of hydrogen-bond donors (Lipinski definition) is 1. The van der Waals surface area contributed by atoms with Gasteiger partial charge < -0.3 is 10.5 Å². The summed E-state index contributed by atoms with van der Waals surface area (Å²) in [5.74, 6) is 0.115. The second kappa shape index (κ2) is 5.24. The van der Waals surface area contributed by atoms with E-state index < -0.39 is 10.0 Å². The Morgan fingerprint density at radius 1 is 1.42 bits per heavy atom. The molecule has 2 unspecified atom stereocenters. The Morgan fingerprint density at radius 2 is 2.00 bits per heavy atom. The number of ether oxygens (including phenoxy) is 1. The molecule has 1 aliphatic rings. The van der Waals surface area contributed by atoms with E-state index in [1.165, 1.54) is 16.6 Å². The fourth-order valence-electron chi connectivity index (χ4n) is 2.05. The number of morpholine rings is 1. The van der Waals surface area contributed by atoms with Crippen molar-refractivity contribution in [1.82, 2.24) is 9.29 Å². The van der Waals surface area contributed by atoms with E-state index in [-0.39, 0.29) is 27.9 Å². The Hall–Kier alpha value is -0.890. The summed E-state index contributed by atoms with van der Waals surface area (Å²) in [6, 6.07) is 1.32. The third-order valence-electron chi connectivity index (χ3n) is 2.87. The molecule has 2 atom stereocenters. The highest BCUT2D eigenvalue weighted by Crippen LogP contribution is 2.24. The second-order valence-corrected chi connectivity index (χ2v) is 6.96. The lowest BCUT2D eigenvalue weighted by Crippen LogP contribution is -2.48. The zero-order valence-electron chi connectivity index (χ0n) is 10.7. The largest absolute Gasteiger partial charge is 0.382 e. The number of hydrogen-bond acceptors (Lipinski definition) is 5. The first kappa shape index (κ1) is 14.5. The molecule has 1 aliphatic heterocycles. The molecule has 1 saturated heterocycles. The summed E-state index contributed by atoms with van der Waals surface area (Å²) in [7, 11) is -3.62. The Balaban J connectivity index is 2.33. The van der Waals surface area contributed by atoms with Crippen LogP contribution in [0.4, 0.5) is 5.82 Å². The molecule has 0 spiro atoms. The van der Waals surface area contributed by atoms with Crippen LogP contribution in [0.3, 0.4) is 0 Å². The molecular formula is C11H16ClN3O3S. The van der Waals surface area contributed by atoms with Crippen molar-refractivity contribution in [3.8, 4) is 0 Å². The van der Waals surface area contributed by atoms with Crippen molar-refractivity contribution >= 4 is 27.4 Å². The van der Waals surface area contributed by atoms with Gasteiger partial charge in [0.15, 0.2) is 0 Å². The van der Waals surface area contributed by atoms with Gasteiger partial charge in [-0.1, -0.05) is 11.6 Å². The first-order chi connectivity index (χ1) is 8.80. The quantitative estimate of drug-likeness (QED) is 0.885. The highest BCUT2D eigenvalue weighted by Gasteiger charge is 2.32. The first-order valence-electron chi connectivity index (χ1n) is 5.87. The third-order valence-corrected chi connectivity index (χ3v) is 4.97. The van der Waals surface area contributed by atoms with Crippen LogP contribution >= 0.6 is 11.6 Å². The van der Waals surface area contributed by atoms with Crippen LogP contribution in [0, 0.1) is 0 Å². The summed E-state index contributed by atoms with van der Waals surface area (Å²) in [6.45, 7) is 4.31. The summed E-state index contributed by atoms with van der Waals surface area (Å²) < 4.78 is 31.9. The van der Waals surface area contributed by atoms with Crippen LogP contribution in [0.1, 0.15) is 13.8 Å². The van der Waals surface area contributed by atoms with Crippen LogP contribution in [0.25, 0.3) is 0 Å². The molecule has 1 aromatic rings. The van der Waals surface area contributed by atoms with Gasteiger partial charge in [-0.3, -0.25) is 0 Å². The number of anilines is 1. The number of nitrogens with zero attached hydrogens (tertiary/aromatic N) is 2.